The van der Waals surface area contributed by atoms with Gasteiger partial charge in [-0.2, -0.15) is 0 Å². The third kappa shape index (κ3) is 1.06. The van der Waals surface area contributed by atoms with E-state index in [2.05, 4.69) is 21.5 Å². The molecule has 0 saturated carbocycles. The van der Waals surface area contributed by atoms with E-state index in [1.165, 1.54) is 0 Å². The lowest BCUT2D eigenvalue weighted by Gasteiger charge is -1.84. The minimum atomic E-state index is -3.46. The number of rotatable bonds is 2. The Labute approximate surface area is 57.3 Å². The van der Waals surface area contributed by atoms with Crippen LogP contribution in [0.4, 0.5) is 0 Å². The maximum Gasteiger partial charge on any atom is 0.222 e. The minimum Gasteiger partial charge on any atom is -0.344 e. The zero-order valence-corrected chi connectivity index (χ0v) is 5.71. The van der Waals surface area contributed by atoms with Gasteiger partial charge in [-0.05, 0) is 0 Å². The van der Waals surface area contributed by atoms with E-state index in [1.807, 2.05) is 0 Å². The quantitative estimate of drug-likeness (QED) is 0.608. The molecule has 0 N–H and O–H groups in total. The van der Waals surface area contributed by atoms with Gasteiger partial charge >= 0.3 is 0 Å². The third-order valence-corrected chi connectivity index (χ3v) is 2.05. The predicted octanol–water partition coefficient (Wildman–Crippen LogP) is -0.0132. The Morgan fingerprint density at radius 3 is 2.80 bits per heavy atom. The highest BCUT2D eigenvalue weighted by molar-refractivity contribution is 7.94. The van der Waals surface area contributed by atoms with E-state index in [1.54, 1.807) is 0 Å². The molecular weight excluding hydrogens is 156 g/mol. The van der Waals surface area contributed by atoms with E-state index >= 15 is 0 Å². The van der Waals surface area contributed by atoms with Gasteiger partial charge in [0.05, 0.1) is 0 Å². The molecular formula is C4H4N2O3S. The van der Waals surface area contributed by atoms with E-state index < -0.39 is 9.84 Å². The molecule has 10 heavy (non-hydrogen) atoms. The average molecular weight is 160 g/mol. The first-order valence-corrected chi connectivity index (χ1v) is 3.86. The highest BCUT2D eigenvalue weighted by Gasteiger charge is 2.12. The Morgan fingerprint density at radius 1 is 1.70 bits per heavy atom. The van der Waals surface area contributed by atoms with Crippen LogP contribution in [0.25, 0.3) is 0 Å². The van der Waals surface area contributed by atoms with Crippen LogP contribution in [0.5, 0.6) is 0 Å². The van der Waals surface area contributed by atoms with Crippen LogP contribution in [0.2, 0.25) is 0 Å². The molecule has 0 aliphatic carbocycles. The second kappa shape index (κ2) is 2.22. The molecule has 1 rings (SSSR count). The first-order chi connectivity index (χ1) is 4.67. The van der Waals surface area contributed by atoms with Crippen LogP contribution in [-0.2, 0) is 9.84 Å². The Balaban J connectivity index is 3.22. The van der Waals surface area contributed by atoms with Crippen molar-refractivity contribution >= 4 is 9.84 Å². The summed E-state index contributed by atoms with van der Waals surface area (Å²) in [5.41, 5.74) is 0. The molecule has 54 valence electrons. The summed E-state index contributed by atoms with van der Waals surface area (Å²) in [6.07, 6.45) is 0.941. The van der Waals surface area contributed by atoms with Gasteiger partial charge in [0, 0.05) is 10.7 Å². The average Bonchev–Trinajstić information content (AvgIpc) is 2.38. The van der Waals surface area contributed by atoms with Crippen molar-refractivity contribution in [2.24, 2.45) is 0 Å². The predicted molar refractivity (Wildman–Crippen MR) is 31.7 cm³/mol. The fourth-order valence-corrected chi connectivity index (χ4v) is 0.860. The molecule has 6 heteroatoms. The molecule has 0 aromatic carbocycles. The Kier molecular flexibility index (Phi) is 1.54. The van der Waals surface area contributed by atoms with Crippen LogP contribution < -0.4 is 0 Å². The fourth-order valence-electron chi connectivity index (χ4n) is 0.365. The van der Waals surface area contributed by atoms with Crippen LogP contribution in [0.1, 0.15) is 0 Å². The van der Waals surface area contributed by atoms with Gasteiger partial charge in [0.1, 0.15) is 0 Å². The van der Waals surface area contributed by atoms with E-state index in [0.717, 1.165) is 11.7 Å². The van der Waals surface area contributed by atoms with Gasteiger partial charge in [-0.3, -0.25) is 0 Å². The molecule has 0 amide bonds. The maximum atomic E-state index is 10.8. The van der Waals surface area contributed by atoms with Gasteiger partial charge in [-0.1, -0.05) is 11.7 Å². The normalized spacial score (nSPS) is 11.2. The van der Waals surface area contributed by atoms with E-state index in [4.69, 9.17) is 0 Å². The first kappa shape index (κ1) is 6.94. The van der Waals surface area contributed by atoms with E-state index in [9.17, 15) is 8.42 Å². The first-order valence-electron chi connectivity index (χ1n) is 2.31. The standard InChI is InChI=1S/C4H4N2O3S/c1-2-10(7,8)4-3-9-6-5-4/h2-3H,1H2. The van der Waals surface area contributed by atoms with Crippen molar-refractivity contribution in [3.05, 3.63) is 18.3 Å². The number of sulfone groups is 1. The zero-order chi connectivity index (χ0) is 7.61. The van der Waals surface area contributed by atoms with Crippen molar-refractivity contribution in [3.63, 3.8) is 0 Å². The van der Waals surface area contributed by atoms with Crippen molar-refractivity contribution in [1.29, 1.82) is 0 Å². The molecule has 0 saturated heterocycles. The van der Waals surface area contributed by atoms with Crippen LogP contribution in [0.15, 0.2) is 27.8 Å². The summed E-state index contributed by atoms with van der Waals surface area (Å²) in [6.45, 7) is 3.09. The SMILES string of the molecule is C=CS(=O)(=O)c1conn1. The van der Waals surface area contributed by atoms with E-state index in [0.29, 0.717) is 0 Å². The van der Waals surface area contributed by atoms with E-state index in [-0.39, 0.29) is 5.03 Å². The maximum absolute atomic E-state index is 10.8. The molecule has 5 nitrogen and oxygen atoms in total. The minimum absolute atomic E-state index is 0.220. The van der Waals surface area contributed by atoms with Crippen molar-refractivity contribution in [2.75, 3.05) is 0 Å². The zero-order valence-electron chi connectivity index (χ0n) is 4.89. The molecule has 1 aromatic heterocycles. The molecule has 0 atom stereocenters. The molecule has 0 spiro atoms. The Morgan fingerprint density at radius 2 is 2.40 bits per heavy atom. The van der Waals surface area contributed by atoms with Gasteiger partial charge in [0.25, 0.3) is 0 Å². The number of aromatic nitrogens is 2. The number of hydrogen-bond donors (Lipinski definition) is 0. The van der Waals surface area contributed by atoms with Crippen molar-refractivity contribution in [3.8, 4) is 0 Å². The summed E-state index contributed by atoms with van der Waals surface area (Å²) >= 11 is 0. The van der Waals surface area contributed by atoms with Gasteiger partial charge < -0.3 is 4.52 Å². The molecule has 0 aliphatic rings. The molecule has 1 aromatic rings. The molecule has 0 radical (unpaired) electrons. The fraction of sp³-hybridized carbons (Fsp3) is 0. The lowest BCUT2D eigenvalue weighted by molar-refractivity contribution is 0.392. The molecule has 0 bridgehead atoms. The largest absolute Gasteiger partial charge is 0.344 e. The second-order valence-corrected chi connectivity index (χ2v) is 3.30. The second-order valence-electron chi connectivity index (χ2n) is 1.45. The summed E-state index contributed by atoms with van der Waals surface area (Å²) in [5, 5.41) is 6.73. The van der Waals surface area contributed by atoms with Crippen molar-refractivity contribution in [1.82, 2.24) is 10.4 Å². The molecule has 0 unspecified atom stereocenters. The summed E-state index contributed by atoms with van der Waals surface area (Å²) in [5.74, 6) is 0. The van der Waals surface area contributed by atoms with Gasteiger partial charge in [0.15, 0.2) is 6.26 Å². The topological polar surface area (TPSA) is 73.1 Å². The lowest BCUT2D eigenvalue weighted by Crippen LogP contribution is -1.95. The van der Waals surface area contributed by atoms with Crippen LogP contribution >= 0.6 is 0 Å². The van der Waals surface area contributed by atoms with Gasteiger partial charge in [-0.15, -0.1) is 0 Å². The Bertz CT molecular complexity index is 312. The van der Waals surface area contributed by atoms with Crippen molar-refractivity contribution in [2.45, 2.75) is 5.03 Å². The molecule has 1 heterocycles. The monoisotopic (exact) mass is 160 g/mol. The Hall–Kier alpha value is -1.17. The summed E-state index contributed by atoms with van der Waals surface area (Å²) < 4.78 is 25.8. The van der Waals surface area contributed by atoms with Crippen LogP contribution in [0.3, 0.4) is 0 Å². The highest BCUT2D eigenvalue weighted by Crippen LogP contribution is 2.04. The van der Waals surface area contributed by atoms with Crippen LogP contribution in [-0.4, -0.2) is 18.8 Å². The number of hydrogen-bond acceptors (Lipinski definition) is 5. The summed E-state index contributed by atoms with van der Waals surface area (Å²) in [7, 11) is -3.46. The summed E-state index contributed by atoms with van der Waals surface area (Å²) in [6, 6.07) is 0. The molecule has 0 fully saturated rings. The highest BCUT2D eigenvalue weighted by atomic mass is 32.2. The summed E-state index contributed by atoms with van der Waals surface area (Å²) in [4.78, 5) is 0. The third-order valence-electron chi connectivity index (χ3n) is 0.851. The van der Waals surface area contributed by atoms with Gasteiger partial charge in [-0.25, -0.2) is 8.42 Å². The van der Waals surface area contributed by atoms with Crippen molar-refractivity contribution < 1.29 is 12.9 Å². The molecule has 0 aliphatic heterocycles. The lowest BCUT2D eigenvalue weighted by atomic mass is 11.0. The number of nitrogens with zero attached hydrogens (tertiary/aromatic N) is 2. The van der Waals surface area contributed by atoms with Gasteiger partial charge in [0.2, 0.25) is 14.9 Å². The van der Waals surface area contributed by atoms with Crippen LogP contribution in [0, 0.1) is 0 Å². The smallest absolute Gasteiger partial charge is 0.222 e.